The Bertz CT molecular complexity index is 571. The minimum absolute atomic E-state index is 0.129. The van der Waals surface area contributed by atoms with Gasteiger partial charge in [-0.25, -0.2) is 4.98 Å². The Hall–Kier alpha value is -1.95. The van der Waals surface area contributed by atoms with Gasteiger partial charge in [-0.05, 0) is 13.0 Å². The van der Waals surface area contributed by atoms with Crippen LogP contribution in [0.3, 0.4) is 0 Å². The number of anilines is 1. The standard InChI is InChI=1S/C11H10N2O3S/c1-6-3-4-16-9(6)10(15)13-11-12-8(5-17-11)7(2)14/h3-5H,1-2H3,(H,12,13,15). The molecule has 0 aromatic carbocycles. The SMILES string of the molecule is CC(=O)c1csc(NC(=O)c2occc2C)n1. The van der Waals surface area contributed by atoms with Gasteiger partial charge in [-0.15, -0.1) is 11.3 Å². The van der Waals surface area contributed by atoms with Crippen LogP contribution in [0.15, 0.2) is 22.1 Å². The molecule has 0 atom stereocenters. The summed E-state index contributed by atoms with van der Waals surface area (Å²) >= 11 is 1.20. The number of thiazole rings is 1. The predicted molar refractivity (Wildman–Crippen MR) is 63.5 cm³/mol. The van der Waals surface area contributed by atoms with Crippen LogP contribution in [0.5, 0.6) is 0 Å². The number of ketones is 1. The number of nitrogens with zero attached hydrogens (tertiary/aromatic N) is 1. The summed E-state index contributed by atoms with van der Waals surface area (Å²) in [5, 5.41) is 4.57. The summed E-state index contributed by atoms with van der Waals surface area (Å²) in [7, 11) is 0. The minimum Gasteiger partial charge on any atom is -0.459 e. The lowest BCUT2D eigenvalue weighted by Gasteiger charge is -1.98. The first-order valence-electron chi connectivity index (χ1n) is 4.90. The summed E-state index contributed by atoms with van der Waals surface area (Å²) in [6.07, 6.45) is 1.45. The van der Waals surface area contributed by atoms with Crippen LogP contribution in [0.2, 0.25) is 0 Å². The van der Waals surface area contributed by atoms with Crippen LogP contribution in [0.4, 0.5) is 5.13 Å². The van der Waals surface area contributed by atoms with Crippen LogP contribution in [-0.2, 0) is 0 Å². The van der Waals surface area contributed by atoms with E-state index >= 15 is 0 Å². The van der Waals surface area contributed by atoms with Gasteiger partial charge in [0.15, 0.2) is 16.7 Å². The number of carbonyl (C=O) groups excluding carboxylic acids is 2. The van der Waals surface area contributed by atoms with Gasteiger partial charge < -0.3 is 4.42 Å². The number of aryl methyl sites for hydroxylation is 1. The number of rotatable bonds is 3. The van der Waals surface area contributed by atoms with E-state index in [9.17, 15) is 9.59 Å². The van der Waals surface area contributed by atoms with Crippen molar-refractivity contribution in [2.45, 2.75) is 13.8 Å². The lowest BCUT2D eigenvalue weighted by atomic mass is 10.3. The predicted octanol–water partition coefficient (Wildman–Crippen LogP) is 2.50. The Morgan fingerprint density at radius 3 is 2.76 bits per heavy atom. The lowest BCUT2D eigenvalue weighted by molar-refractivity contribution is 0.0990. The highest BCUT2D eigenvalue weighted by Gasteiger charge is 2.15. The first-order chi connectivity index (χ1) is 8.08. The van der Waals surface area contributed by atoms with Crippen molar-refractivity contribution in [3.63, 3.8) is 0 Å². The molecule has 0 saturated carbocycles. The second kappa shape index (κ2) is 4.50. The van der Waals surface area contributed by atoms with Gasteiger partial charge in [-0.2, -0.15) is 0 Å². The van der Waals surface area contributed by atoms with E-state index < -0.39 is 0 Å². The fourth-order valence-corrected chi connectivity index (χ4v) is 2.00. The minimum atomic E-state index is -0.364. The number of furan rings is 1. The maximum Gasteiger partial charge on any atom is 0.293 e. The van der Waals surface area contributed by atoms with Gasteiger partial charge in [0.05, 0.1) is 6.26 Å². The van der Waals surface area contributed by atoms with Gasteiger partial charge in [0, 0.05) is 17.9 Å². The smallest absolute Gasteiger partial charge is 0.293 e. The van der Waals surface area contributed by atoms with Crippen molar-refractivity contribution in [3.8, 4) is 0 Å². The third-order valence-electron chi connectivity index (χ3n) is 2.15. The molecule has 0 bridgehead atoms. The van der Waals surface area contributed by atoms with Crippen molar-refractivity contribution in [1.29, 1.82) is 0 Å². The van der Waals surface area contributed by atoms with Crippen LogP contribution < -0.4 is 5.32 Å². The Balaban J connectivity index is 2.13. The van der Waals surface area contributed by atoms with Crippen molar-refractivity contribution in [2.75, 3.05) is 5.32 Å². The zero-order chi connectivity index (χ0) is 12.4. The molecule has 0 aliphatic heterocycles. The molecule has 0 aliphatic carbocycles. The lowest BCUT2D eigenvalue weighted by Crippen LogP contribution is -2.12. The molecular weight excluding hydrogens is 240 g/mol. The third-order valence-corrected chi connectivity index (χ3v) is 2.91. The molecule has 0 fully saturated rings. The summed E-state index contributed by atoms with van der Waals surface area (Å²) in [5.41, 5.74) is 1.10. The molecule has 1 N–H and O–H groups in total. The molecule has 6 heteroatoms. The average molecular weight is 250 g/mol. The summed E-state index contributed by atoms with van der Waals surface area (Å²) in [6, 6.07) is 1.71. The van der Waals surface area contributed by atoms with Gasteiger partial charge in [-0.3, -0.25) is 14.9 Å². The summed E-state index contributed by atoms with van der Waals surface area (Å²) in [5.74, 6) is -0.238. The average Bonchev–Trinajstić information content (AvgIpc) is 2.86. The molecule has 2 aromatic heterocycles. The van der Waals surface area contributed by atoms with Gasteiger partial charge >= 0.3 is 0 Å². The summed E-state index contributed by atoms with van der Waals surface area (Å²) in [6.45, 7) is 3.21. The number of amides is 1. The summed E-state index contributed by atoms with van der Waals surface area (Å²) < 4.78 is 5.05. The molecule has 2 heterocycles. The number of aromatic nitrogens is 1. The van der Waals surface area contributed by atoms with Crippen LogP contribution in [0.1, 0.15) is 33.5 Å². The van der Waals surface area contributed by atoms with Crippen molar-refractivity contribution >= 4 is 28.2 Å². The Kier molecular flexibility index (Phi) is 3.06. The molecule has 88 valence electrons. The zero-order valence-corrected chi connectivity index (χ0v) is 10.1. The van der Waals surface area contributed by atoms with E-state index in [-0.39, 0.29) is 17.5 Å². The van der Waals surface area contributed by atoms with Crippen LogP contribution in [0.25, 0.3) is 0 Å². The molecule has 5 nitrogen and oxygen atoms in total. The van der Waals surface area contributed by atoms with E-state index in [1.54, 1.807) is 18.4 Å². The fourth-order valence-electron chi connectivity index (χ4n) is 1.25. The molecule has 0 aliphatic rings. The first-order valence-corrected chi connectivity index (χ1v) is 5.78. The van der Waals surface area contributed by atoms with Gasteiger partial charge in [0.2, 0.25) is 0 Å². The van der Waals surface area contributed by atoms with Crippen LogP contribution >= 0.6 is 11.3 Å². The van der Waals surface area contributed by atoms with Gasteiger partial charge in [-0.1, -0.05) is 0 Å². The Morgan fingerprint density at radius 1 is 1.47 bits per heavy atom. The fraction of sp³-hybridized carbons (Fsp3) is 0.182. The topological polar surface area (TPSA) is 72.2 Å². The number of nitrogens with one attached hydrogen (secondary N) is 1. The van der Waals surface area contributed by atoms with Gasteiger partial charge in [0.1, 0.15) is 5.69 Å². The molecule has 0 radical (unpaired) electrons. The van der Waals surface area contributed by atoms with E-state index in [1.165, 1.54) is 24.5 Å². The normalized spacial score (nSPS) is 10.2. The number of hydrogen-bond acceptors (Lipinski definition) is 5. The number of Topliss-reactive ketones (excluding diaryl/α,β-unsaturated/α-hetero) is 1. The zero-order valence-electron chi connectivity index (χ0n) is 9.31. The first kappa shape index (κ1) is 11.5. The molecular formula is C11H10N2O3S. The molecule has 0 unspecified atom stereocenters. The molecule has 0 spiro atoms. The Morgan fingerprint density at radius 2 is 2.24 bits per heavy atom. The van der Waals surface area contributed by atoms with Crippen LogP contribution in [0, 0.1) is 6.92 Å². The third kappa shape index (κ3) is 2.42. The van der Waals surface area contributed by atoms with E-state index in [0.717, 1.165) is 5.56 Å². The summed E-state index contributed by atoms with van der Waals surface area (Å²) in [4.78, 5) is 26.8. The van der Waals surface area contributed by atoms with E-state index in [4.69, 9.17) is 4.42 Å². The van der Waals surface area contributed by atoms with Crippen molar-refractivity contribution in [3.05, 3.63) is 34.7 Å². The molecule has 1 amide bonds. The quantitative estimate of drug-likeness (QED) is 0.849. The van der Waals surface area contributed by atoms with Crippen molar-refractivity contribution in [1.82, 2.24) is 4.98 Å². The number of carbonyl (C=O) groups is 2. The maximum atomic E-state index is 11.8. The molecule has 17 heavy (non-hydrogen) atoms. The monoisotopic (exact) mass is 250 g/mol. The molecule has 0 saturated heterocycles. The highest BCUT2D eigenvalue weighted by molar-refractivity contribution is 7.14. The maximum absolute atomic E-state index is 11.8. The molecule has 2 rings (SSSR count). The largest absolute Gasteiger partial charge is 0.459 e. The van der Waals surface area contributed by atoms with E-state index in [2.05, 4.69) is 10.3 Å². The second-order valence-electron chi connectivity index (χ2n) is 3.48. The highest BCUT2D eigenvalue weighted by atomic mass is 32.1. The van der Waals surface area contributed by atoms with Crippen molar-refractivity contribution in [2.24, 2.45) is 0 Å². The number of hydrogen-bond donors (Lipinski definition) is 1. The van der Waals surface area contributed by atoms with E-state index in [0.29, 0.717) is 10.8 Å². The van der Waals surface area contributed by atoms with E-state index in [1.807, 2.05) is 0 Å². The van der Waals surface area contributed by atoms with Crippen molar-refractivity contribution < 1.29 is 14.0 Å². The van der Waals surface area contributed by atoms with Gasteiger partial charge in [0.25, 0.3) is 5.91 Å². The van der Waals surface area contributed by atoms with Crippen LogP contribution in [-0.4, -0.2) is 16.7 Å². The highest BCUT2D eigenvalue weighted by Crippen LogP contribution is 2.18. The molecule has 2 aromatic rings. The Labute approximate surface area is 101 Å². The second-order valence-corrected chi connectivity index (χ2v) is 4.34.